The lowest BCUT2D eigenvalue weighted by molar-refractivity contribution is -0.124. The highest BCUT2D eigenvalue weighted by atomic mass is 16.3. The highest BCUT2D eigenvalue weighted by Gasteiger charge is 2.25. The zero-order valence-corrected chi connectivity index (χ0v) is 11.1. The minimum atomic E-state index is -0.272. The molecule has 0 bridgehead atoms. The number of aliphatic hydroxyl groups is 1. The number of hydrogen-bond acceptors (Lipinski definition) is 4. The van der Waals surface area contributed by atoms with Crippen molar-refractivity contribution in [3.05, 3.63) is 59.5 Å². The summed E-state index contributed by atoms with van der Waals surface area (Å²) in [4.78, 5) is 23.2. The Kier molecular flexibility index (Phi) is 4.71. The molecule has 1 saturated carbocycles. The van der Waals surface area contributed by atoms with Crippen molar-refractivity contribution in [2.75, 3.05) is 0 Å². The third kappa shape index (κ3) is 3.57. The summed E-state index contributed by atoms with van der Waals surface area (Å²) in [7, 11) is 0. The number of allylic oxidation sites excluding steroid dienone is 2. The van der Waals surface area contributed by atoms with Gasteiger partial charge in [0, 0.05) is 25.6 Å². The maximum atomic E-state index is 11.6. The minimum absolute atomic E-state index is 0.0611. The number of benzene rings is 1. The second-order valence-corrected chi connectivity index (χ2v) is 4.66. The Morgan fingerprint density at radius 2 is 1.80 bits per heavy atom. The molecule has 2 N–H and O–H groups in total. The van der Waals surface area contributed by atoms with Crippen LogP contribution in [0.1, 0.15) is 24.8 Å². The Balaban J connectivity index is 1.96. The first-order valence-corrected chi connectivity index (χ1v) is 6.62. The summed E-state index contributed by atoms with van der Waals surface area (Å²) in [6.45, 7) is 0.613. The van der Waals surface area contributed by atoms with Crippen LogP contribution in [0.4, 0.5) is 0 Å². The van der Waals surface area contributed by atoms with Gasteiger partial charge >= 0.3 is 0 Å². The lowest BCUT2D eigenvalue weighted by Crippen LogP contribution is -2.20. The smallest absolute Gasteiger partial charge is 0.170 e. The fourth-order valence-electron chi connectivity index (χ4n) is 2.09. The van der Waals surface area contributed by atoms with Gasteiger partial charge in [0.1, 0.15) is 11.3 Å². The van der Waals surface area contributed by atoms with Crippen molar-refractivity contribution < 1.29 is 14.7 Å². The normalized spacial score (nSPS) is 15.7. The molecule has 1 aromatic carbocycles. The summed E-state index contributed by atoms with van der Waals surface area (Å²) in [6, 6.07) is 9.79. The lowest BCUT2D eigenvalue weighted by Gasteiger charge is -2.12. The van der Waals surface area contributed by atoms with Crippen LogP contribution in [0.5, 0.6) is 0 Å². The first-order chi connectivity index (χ1) is 9.68. The molecule has 0 aliphatic heterocycles. The van der Waals surface area contributed by atoms with E-state index in [1.165, 1.54) is 6.08 Å². The molecule has 4 heteroatoms. The fourth-order valence-corrected chi connectivity index (χ4v) is 2.09. The number of aliphatic hydroxyl groups excluding tert-OH is 1. The van der Waals surface area contributed by atoms with Gasteiger partial charge in [-0.05, 0) is 18.1 Å². The van der Waals surface area contributed by atoms with Gasteiger partial charge in [-0.1, -0.05) is 30.3 Å². The molecule has 1 aliphatic rings. The molecule has 0 aromatic heterocycles. The van der Waals surface area contributed by atoms with Gasteiger partial charge in [0.2, 0.25) is 0 Å². The van der Waals surface area contributed by atoms with Crippen LogP contribution in [0.25, 0.3) is 0 Å². The zero-order valence-electron chi connectivity index (χ0n) is 11.1. The highest BCUT2D eigenvalue weighted by Crippen LogP contribution is 2.19. The van der Waals surface area contributed by atoms with Crippen LogP contribution in [-0.4, -0.2) is 16.7 Å². The van der Waals surface area contributed by atoms with E-state index in [-0.39, 0.29) is 22.9 Å². The van der Waals surface area contributed by atoms with E-state index >= 15 is 0 Å². The van der Waals surface area contributed by atoms with Crippen LogP contribution in [-0.2, 0) is 16.1 Å². The number of carbonyl (C=O) groups excluding carboxylic acids is 2. The van der Waals surface area contributed by atoms with Crippen molar-refractivity contribution in [2.24, 2.45) is 0 Å². The maximum Gasteiger partial charge on any atom is 0.170 e. The first-order valence-electron chi connectivity index (χ1n) is 6.62. The van der Waals surface area contributed by atoms with E-state index in [0.717, 1.165) is 5.56 Å². The Bertz CT molecular complexity index is 540. The van der Waals surface area contributed by atoms with Gasteiger partial charge in [0.15, 0.2) is 11.6 Å². The minimum Gasteiger partial charge on any atom is -0.507 e. The third-order valence-corrected chi connectivity index (χ3v) is 3.13. The number of rotatable bonds is 4. The second kappa shape index (κ2) is 6.70. The molecule has 0 unspecified atom stereocenters. The van der Waals surface area contributed by atoms with Crippen molar-refractivity contribution in [3.8, 4) is 0 Å². The Labute approximate surface area is 117 Å². The molecule has 20 heavy (non-hydrogen) atoms. The third-order valence-electron chi connectivity index (χ3n) is 3.13. The van der Waals surface area contributed by atoms with Crippen molar-refractivity contribution in [1.29, 1.82) is 0 Å². The number of hydrogen-bond donors (Lipinski definition) is 2. The van der Waals surface area contributed by atoms with Crippen molar-refractivity contribution >= 4 is 11.6 Å². The van der Waals surface area contributed by atoms with Gasteiger partial charge in [-0.15, -0.1) is 0 Å². The van der Waals surface area contributed by atoms with Crippen LogP contribution in [0.3, 0.4) is 0 Å². The standard InChI is InChI=1S/C16H17NO3/c18-13-7-4-8-14(19)16(13)15(20)9-10-17-11-12-5-2-1-3-6-12/h1-3,5-6,9-10,17,20H,4,7-8,11H2/b10-9-. The molecule has 0 saturated heterocycles. The molecule has 104 valence electrons. The summed E-state index contributed by atoms with van der Waals surface area (Å²) in [5, 5.41) is 12.8. The van der Waals surface area contributed by atoms with Crippen LogP contribution < -0.4 is 5.32 Å². The van der Waals surface area contributed by atoms with E-state index < -0.39 is 0 Å². The molecular formula is C16H17NO3. The van der Waals surface area contributed by atoms with Crippen LogP contribution >= 0.6 is 0 Å². The number of Topliss-reactive ketones (excluding diaryl/α,β-unsaturated/α-hetero) is 2. The van der Waals surface area contributed by atoms with E-state index in [2.05, 4.69) is 5.32 Å². The zero-order chi connectivity index (χ0) is 14.4. The topological polar surface area (TPSA) is 66.4 Å². The van der Waals surface area contributed by atoms with Gasteiger partial charge in [0.05, 0.1) is 0 Å². The van der Waals surface area contributed by atoms with Crippen LogP contribution in [0.15, 0.2) is 53.9 Å². The van der Waals surface area contributed by atoms with E-state index in [9.17, 15) is 14.7 Å². The molecule has 2 rings (SSSR count). The Hall–Kier alpha value is -2.36. The van der Waals surface area contributed by atoms with Gasteiger partial charge in [-0.25, -0.2) is 0 Å². The van der Waals surface area contributed by atoms with Gasteiger partial charge in [0.25, 0.3) is 0 Å². The van der Waals surface area contributed by atoms with Crippen LogP contribution in [0.2, 0.25) is 0 Å². The van der Waals surface area contributed by atoms with Gasteiger partial charge in [-0.2, -0.15) is 0 Å². The quantitative estimate of drug-likeness (QED) is 0.501. The molecule has 0 radical (unpaired) electrons. The predicted molar refractivity (Wildman–Crippen MR) is 75.9 cm³/mol. The summed E-state index contributed by atoms with van der Waals surface area (Å²) in [6.07, 6.45) is 4.14. The lowest BCUT2D eigenvalue weighted by atomic mass is 9.91. The SMILES string of the molecule is O=C1CCCC(=O)C1=C(O)/C=C\NCc1ccccc1. The van der Waals surface area contributed by atoms with E-state index in [0.29, 0.717) is 25.8 Å². The molecule has 0 heterocycles. The summed E-state index contributed by atoms with van der Waals surface area (Å²) in [5.41, 5.74) is 1.04. The highest BCUT2D eigenvalue weighted by molar-refractivity contribution is 6.22. The first kappa shape index (κ1) is 14.1. The average molecular weight is 271 g/mol. The van der Waals surface area contributed by atoms with Crippen molar-refractivity contribution in [2.45, 2.75) is 25.8 Å². The number of ketones is 2. The monoisotopic (exact) mass is 271 g/mol. The number of carbonyl (C=O) groups is 2. The maximum absolute atomic E-state index is 11.6. The van der Waals surface area contributed by atoms with Crippen LogP contribution in [0, 0.1) is 0 Å². The summed E-state index contributed by atoms with van der Waals surface area (Å²) < 4.78 is 0. The van der Waals surface area contributed by atoms with Gasteiger partial charge < -0.3 is 10.4 Å². The Morgan fingerprint density at radius 1 is 1.15 bits per heavy atom. The molecule has 0 amide bonds. The predicted octanol–water partition coefficient (Wildman–Crippen LogP) is 2.42. The van der Waals surface area contributed by atoms with Crippen molar-refractivity contribution in [1.82, 2.24) is 5.32 Å². The molecule has 0 spiro atoms. The molecule has 1 fully saturated rings. The largest absolute Gasteiger partial charge is 0.507 e. The summed E-state index contributed by atoms with van der Waals surface area (Å²) in [5.74, 6) is -0.793. The molecule has 1 aromatic rings. The van der Waals surface area contributed by atoms with Gasteiger partial charge in [-0.3, -0.25) is 9.59 Å². The fraction of sp³-hybridized carbons (Fsp3) is 0.250. The second-order valence-electron chi connectivity index (χ2n) is 4.66. The molecule has 1 aliphatic carbocycles. The Morgan fingerprint density at radius 3 is 2.45 bits per heavy atom. The molecule has 0 atom stereocenters. The van der Waals surface area contributed by atoms with E-state index in [1.54, 1.807) is 6.20 Å². The molecular weight excluding hydrogens is 254 g/mol. The average Bonchev–Trinajstić information content (AvgIpc) is 2.44. The van der Waals surface area contributed by atoms with E-state index in [4.69, 9.17) is 0 Å². The molecule has 4 nitrogen and oxygen atoms in total. The number of nitrogens with one attached hydrogen (secondary N) is 1. The van der Waals surface area contributed by atoms with Crippen molar-refractivity contribution in [3.63, 3.8) is 0 Å². The van der Waals surface area contributed by atoms with E-state index in [1.807, 2.05) is 30.3 Å². The summed E-state index contributed by atoms with van der Waals surface area (Å²) >= 11 is 0.